The highest BCUT2D eigenvalue weighted by atomic mass is 32.2. The number of hydrogen-bond acceptors (Lipinski definition) is 2. The fourth-order valence-electron chi connectivity index (χ4n) is 3.90. The zero-order valence-electron chi connectivity index (χ0n) is 15.0. The molecule has 4 atom stereocenters. The summed E-state index contributed by atoms with van der Waals surface area (Å²) in [6.07, 6.45) is 2.99. The molecule has 1 N–H and O–H groups in total. The summed E-state index contributed by atoms with van der Waals surface area (Å²) in [5.74, 6) is 1.68. The van der Waals surface area contributed by atoms with Crippen LogP contribution < -0.4 is 5.32 Å². The van der Waals surface area contributed by atoms with Gasteiger partial charge in [-0.15, -0.1) is 0 Å². The Morgan fingerprint density at radius 3 is 2.58 bits per heavy atom. The lowest BCUT2D eigenvalue weighted by molar-refractivity contribution is 0.146. The molecule has 4 unspecified atom stereocenters. The molecular formula is C18H29F2N2OS+. The van der Waals surface area contributed by atoms with Gasteiger partial charge in [-0.3, -0.25) is 0 Å². The van der Waals surface area contributed by atoms with Gasteiger partial charge in [0.05, 0.1) is 10.5 Å². The van der Waals surface area contributed by atoms with Gasteiger partial charge in [0.25, 0.3) is 6.43 Å². The first-order valence-electron chi connectivity index (χ1n) is 8.88. The molecule has 0 spiro atoms. The van der Waals surface area contributed by atoms with Gasteiger partial charge in [-0.25, -0.2) is 13.6 Å². The molecule has 1 aromatic heterocycles. The van der Waals surface area contributed by atoms with Gasteiger partial charge < -0.3 is 5.32 Å². The van der Waals surface area contributed by atoms with Gasteiger partial charge in [0.1, 0.15) is 0 Å². The van der Waals surface area contributed by atoms with Crippen molar-refractivity contribution in [2.45, 2.75) is 72.3 Å². The first-order chi connectivity index (χ1) is 11.3. The third-order valence-corrected chi connectivity index (χ3v) is 6.69. The van der Waals surface area contributed by atoms with Crippen molar-refractivity contribution in [3.63, 3.8) is 0 Å². The number of thiazole rings is 1. The monoisotopic (exact) mass is 359 g/mol. The van der Waals surface area contributed by atoms with Crippen molar-refractivity contribution in [2.24, 2.45) is 17.8 Å². The highest BCUT2D eigenvalue weighted by Crippen LogP contribution is 2.35. The van der Waals surface area contributed by atoms with Crippen LogP contribution in [0.15, 0.2) is 5.38 Å². The van der Waals surface area contributed by atoms with Crippen LogP contribution in [0.4, 0.5) is 13.6 Å². The van der Waals surface area contributed by atoms with Gasteiger partial charge in [-0.05, 0) is 37.0 Å². The molecule has 1 saturated carbocycles. The number of aromatic nitrogens is 1. The summed E-state index contributed by atoms with van der Waals surface area (Å²) >= 11 is 0. The highest BCUT2D eigenvalue weighted by Gasteiger charge is 2.35. The first kappa shape index (κ1) is 19.3. The predicted molar refractivity (Wildman–Crippen MR) is 94.7 cm³/mol. The van der Waals surface area contributed by atoms with E-state index in [1.807, 2.05) is 0 Å². The number of hydrogen-bond donors (Lipinski definition) is 1. The minimum absolute atomic E-state index is 0.152. The quantitative estimate of drug-likeness (QED) is 0.645. The molecular weight excluding hydrogens is 330 g/mol. The maximum Gasteiger partial charge on any atom is 0.457 e. The van der Waals surface area contributed by atoms with Crippen molar-refractivity contribution in [2.75, 3.05) is 0 Å². The van der Waals surface area contributed by atoms with Crippen LogP contribution in [-0.4, -0.2) is 16.3 Å². The van der Waals surface area contributed by atoms with Crippen LogP contribution in [0.5, 0.6) is 0 Å². The van der Waals surface area contributed by atoms with Crippen molar-refractivity contribution < 1.29 is 13.6 Å². The summed E-state index contributed by atoms with van der Waals surface area (Å²) < 4.78 is 25.6. The number of halogens is 2. The van der Waals surface area contributed by atoms with Crippen LogP contribution >= 0.6 is 10.5 Å². The standard InChI is InChI=1S/C18H28F2N2OS/c1-11(2)9-12(3)14-7-5-6-8-15(14)22-18(23)24-10-16(17(19)20)21-13(24)4/h10-12,14-15,17H,5-9H2,1-4H3/p+1. The Labute approximate surface area is 146 Å². The molecule has 0 radical (unpaired) electrons. The molecule has 1 aromatic rings. The van der Waals surface area contributed by atoms with Crippen LogP contribution in [0.2, 0.25) is 0 Å². The fourth-order valence-corrected chi connectivity index (χ4v) is 5.33. The minimum atomic E-state index is -2.61. The lowest BCUT2D eigenvalue weighted by Gasteiger charge is -2.36. The van der Waals surface area contributed by atoms with E-state index in [4.69, 9.17) is 0 Å². The zero-order chi connectivity index (χ0) is 17.9. The zero-order valence-corrected chi connectivity index (χ0v) is 15.8. The normalized spacial score (nSPS) is 23.6. The predicted octanol–water partition coefficient (Wildman–Crippen LogP) is 5.88. The lowest BCUT2D eigenvalue weighted by atomic mass is 9.74. The van der Waals surface area contributed by atoms with Crippen molar-refractivity contribution in [3.05, 3.63) is 16.1 Å². The van der Waals surface area contributed by atoms with E-state index in [1.54, 1.807) is 6.92 Å². The maximum atomic E-state index is 12.8. The van der Waals surface area contributed by atoms with Crippen LogP contribution in [-0.2, 0) is 0 Å². The summed E-state index contributed by atoms with van der Waals surface area (Å²) in [4.78, 5) is 16.5. The number of rotatable bonds is 6. The molecule has 0 saturated heterocycles. The van der Waals surface area contributed by atoms with E-state index >= 15 is 0 Å². The van der Waals surface area contributed by atoms with Gasteiger partial charge in [-0.2, -0.15) is 4.98 Å². The Hall–Kier alpha value is -1.04. The molecule has 24 heavy (non-hydrogen) atoms. The Kier molecular flexibility index (Phi) is 6.72. The number of amides is 1. The van der Waals surface area contributed by atoms with Gasteiger partial charge in [0.2, 0.25) is 5.01 Å². The first-order valence-corrected chi connectivity index (χ1v) is 10.2. The number of carbonyl (C=O) groups is 1. The largest absolute Gasteiger partial charge is 0.457 e. The summed E-state index contributed by atoms with van der Waals surface area (Å²) in [5, 5.41) is 4.83. The molecule has 6 heteroatoms. The van der Waals surface area contributed by atoms with Crippen molar-refractivity contribution in [1.82, 2.24) is 10.3 Å². The van der Waals surface area contributed by atoms with Gasteiger partial charge in [0, 0.05) is 13.0 Å². The van der Waals surface area contributed by atoms with E-state index in [1.165, 1.54) is 11.8 Å². The van der Waals surface area contributed by atoms with Crippen molar-refractivity contribution in [3.8, 4) is 0 Å². The summed E-state index contributed by atoms with van der Waals surface area (Å²) in [6, 6.07) is 0.157. The number of carbonyl (C=O) groups excluding carboxylic acids is 1. The molecule has 3 nitrogen and oxygen atoms in total. The van der Waals surface area contributed by atoms with E-state index in [9.17, 15) is 13.6 Å². The van der Waals surface area contributed by atoms with E-state index in [2.05, 4.69) is 31.1 Å². The minimum Gasteiger partial charge on any atom is -0.304 e. The van der Waals surface area contributed by atoms with Crippen molar-refractivity contribution in [1.29, 1.82) is 0 Å². The smallest absolute Gasteiger partial charge is 0.304 e. The molecule has 1 fully saturated rings. The molecule has 0 bridgehead atoms. The van der Waals surface area contributed by atoms with Gasteiger partial charge >= 0.3 is 5.24 Å². The third kappa shape index (κ3) is 4.74. The van der Waals surface area contributed by atoms with Gasteiger partial charge in [0.15, 0.2) is 11.1 Å². The second-order valence-electron chi connectivity index (χ2n) is 7.41. The van der Waals surface area contributed by atoms with Crippen LogP contribution in [0.3, 0.4) is 0 Å². The Morgan fingerprint density at radius 1 is 1.33 bits per heavy atom. The second kappa shape index (κ2) is 8.37. The topological polar surface area (TPSA) is 42.0 Å². The lowest BCUT2D eigenvalue weighted by Crippen LogP contribution is -2.43. The molecule has 0 aliphatic heterocycles. The molecule has 1 heterocycles. The van der Waals surface area contributed by atoms with E-state index in [0.717, 1.165) is 25.7 Å². The molecule has 0 aromatic carbocycles. The summed E-state index contributed by atoms with van der Waals surface area (Å²) in [7, 11) is -0.950. The average molecular weight is 360 g/mol. The summed E-state index contributed by atoms with van der Waals surface area (Å²) in [6.45, 7) is 8.38. The third-order valence-electron chi connectivity index (χ3n) is 4.96. The summed E-state index contributed by atoms with van der Waals surface area (Å²) in [5.41, 5.74) is -0.264. The van der Waals surface area contributed by atoms with Crippen LogP contribution in [0, 0.1) is 24.7 Å². The molecule has 1 aliphatic rings. The van der Waals surface area contributed by atoms with E-state index in [-0.39, 0.29) is 17.0 Å². The molecule has 136 valence electrons. The molecule has 2 rings (SSSR count). The average Bonchev–Trinajstić information content (AvgIpc) is 2.89. The Bertz CT molecular complexity index is 559. The fraction of sp³-hybridized carbons (Fsp3) is 0.778. The number of aryl methyl sites for hydroxylation is 1. The van der Waals surface area contributed by atoms with E-state index < -0.39 is 16.9 Å². The Balaban J connectivity index is 2.08. The SMILES string of the molecule is Cc1nc(C(F)F)c[s+]1C(=O)NC1CCCCC1C(C)CC(C)C. The molecule has 1 amide bonds. The van der Waals surface area contributed by atoms with Crippen LogP contribution in [0.25, 0.3) is 0 Å². The van der Waals surface area contributed by atoms with Crippen LogP contribution in [0.1, 0.15) is 70.0 Å². The maximum absolute atomic E-state index is 12.8. The number of nitrogens with zero attached hydrogens (tertiary/aromatic N) is 1. The second-order valence-corrected chi connectivity index (χ2v) is 9.28. The Morgan fingerprint density at radius 2 is 2.00 bits per heavy atom. The number of nitrogens with one attached hydrogen (secondary N) is 1. The molecule has 1 aliphatic carbocycles. The highest BCUT2D eigenvalue weighted by molar-refractivity contribution is 7.50. The number of alkyl halides is 2. The van der Waals surface area contributed by atoms with Gasteiger partial charge in [-0.1, -0.05) is 33.6 Å². The van der Waals surface area contributed by atoms with E-state index in [0.29, 0.717) is 22.8 Å². The van der Waals surface area contributed by atoms with Crippen molar-refractivity contribution >= 4 is 15.7 Å².